The third-order valence-corrected chi connectivity index (χ3v) is 8.23. The SMILES string of the molecule is C[C@]12CC[C@@H](NN=[N-])C[C@@H]1CC[C@H]1[C@H]2CC[C@]2(C)C=CC[C@@H]12. The monoisotopic (exact) mass is 300 g/mol. The maximum Gasteiger partial charge on any atom is -0.0112 e. The molecule has 0 aromatic carbocycles. The third-order valence-electron chi connectivity index (χ3n) is 8.23. The van der Waals surface area contributed by atoms with E-state index in [2.05, 4.69) is 36.6 Å². The minimum absolute atomic E-state index is 0.390. The second-order valence-electron chi connectivity index (χ2n) is 9.04. The molecule has 0 unspecified atom stereocenters. The van der Waals surface area contributed by atoms with Crippen LogP contribution in [0.2, 0.25) is 0 Å². The van der Waals surface area contributed by atoms with Gasteiger partial charge in [-0.3, -0.25) is 5.22 Å². The topological polar surface area (TPSA) is 46.7 Å². The number of hydrogen-bond donors (Lipinski definition) is 1. The zero-order chi connectivity index (χ0) is 15.4. The maximum absolute atomic E-state index is 8.80. The Labute approximate surface area is 134 Å². The Morgan fingerprint density at radius 1 is 1.09 bits per heavy atom. The molecule has 4 aliphatic carbocycles. The van der Waals surface area contributed by atoms with Gasteiger partial charge in [-0.2, -0.15) is 0 Å². The number of nitrogens with one attached hydrogen (secondary N) is 1. The smallest absolute Gasteiger partial charge is 0.0112 e. The van der Waals surface area contributed by atoms with Gasteiger partial charge in [0.1, 0.15) is 0 Å². The van der Waals surface area contributed by atoms with Crippen LogP contribution in [0.15, 0.2) is 17.4 Å². The molecule has 7 atom stereocenters. The van der Waals surface area contributed by atoms with E-state index in [0.717, 1.165) is 23.7 Å². The van der Waals surface area contributed by atoms with Crippen LogP contribution in [0.25, 0.3) is 5.53 Å². The van der Waals surface area contributed by atoms with Crippen molar-refractivity contribution in [3.63, 3.8) is 0 Å². The molecule has 3 fully saturated rings. The van der Waals surface area contributed by atoms with Gasteiger partial charge in [0.2, 0.25) is 0 Å². The highest BCUT2D eigenvalue weighted by atomic mass is 15.4. The van der Waals surface area contributed by atoms with E-state index in [1.807, 2.05) is 0 Å². The molecule has 0 aromatic rings. The summed E-state index contributed by atoms with van der Waals surface area (Å²) in [6.45, 7) is 5.10. The molecule has 3 nitrogen and oxygen atoms in total. The first-order chi connectivity index (χ1) is 10.6. The van der Waals surface area contributed by atoms with Crippen LogP contribution < -0.4 is 5.43 Å². The average Bonchev–Trinajstić information content (AvgIpc) is 2.89. The van der Waals surface area contributed by atoms with Crippen molar-refractivity contribution in [1.29, 1.82) is 0 Å². The number of hydrogen-bond acceptors (Lipinski definition) is 1. The Bertz CT molecular complexity index is 487. The van der Waals surface area contributed by atoms with E-state index in [4.69, 9.17) is 5.53 Å². The molecule has 0 saturated heterocycles. The lowest BCUT2D eigenvalue weighted by molar-refractivity contribution is -0.101. The zero-order valence-corrected chi connectivity index (χ0v) is 14.1. The molecule has 0 aliphatic heterocycles. The predicted molar refractivity (Wildman–Crippen MR) is 89.0 cm³/mol. The lowest BCUT2D eigenvalue weighted by Crippen LogP contribution is -2.54. The molecule has 4 aliphatic rings. The third kappa shape index (κ3) is 2.00. The first kappa shape index (κ1) is 14.7. The van der Waals surface area contributed by atoms with Crippen molar-refractivity contribution in [3.8, 4) is 0 Å². The van der Waals surface area contributed by atoms with Gasteiger partial charge in [0, 0.05) is 0 Å². The molecule has 3 heteroatoms. The molecule has 0 spiro atoms. The van der Waals surface area contributed by atoms with E-state index in [0.29, 0.717) is 16.9 Å². The van der Waals surface area contributed by atoms with E-state index in [1.165, 1.54) is 51.4 Å². The standard InChI is InChI=1S/C19H30N3/c1-18-9-3-4-16(18)15-6-5-13-12-14(21-22-20)7-11-19(13,2)17(15)8-10-18/h3,9,13-17H,4-8,10-12H2,1-2H3,(H-,20,21)/q-1/t13-,14+,15+,16-,17+,18-,19-/m0/s1. The van der Waals surface area contributed by atoms with Crippen LogP contribution in [-0.2, 0) is 0 Å². The summed E-state index contributed by atoms with van der Waals surface area (Å²) in [4.78, 5) is 0. The van der Waals surface area contributed by atoms with Gasteiger partial charge in [-0.1, -0.05) is 26.0 Å². The molecule has 0 amide bonds. The van der Waals surface area contributed by atoms with Crippen molar-refractivity contribution in [2.24, 2.45) is 39.7 Å². The molecule has 22 heavy (non-hydrogen) atoms. The summed E-state index contributed by atoms with van der Waals surface area (Å²) in [5.41, 5.74) is 12.8. The summed E-state index contributed by atoms with van der Waals surface area (Å²) in [7, 11) is 0. The minimum atomic E-state index is 0.390. The average molecular weight is 300 g/mol. The molecule has 4 rings (SSSR count). The minimum Gasteiger partial charge on any atom is -0.411 e. The highest BCUT2D eigenvalue weighted by Crippen LogP contribution is 2.64. The van der Waals surface area contributed by atoms with Gasteiger partial charge in [0.05, 0.1) is 0 Å². The normalized spacial score (nSPS) is 53.3. The summed E-state index contributed by atoms with van der Waals surface area (Å²) in [6, 6.07) is 0.390. The Balaban J connectivity index is 1.56. The lowest BCUT2D eigenvalue weighted by Gasteiger charge is -2.61. The molecule has 0 bridgehead atoms. The Hall–Kier alpha value is -0.860. The lowest BCUT2D eigenvalue weighted by atomic mass is 9.45. The number of allylic oxidation sites excluding steroid dienone is 2. The Morgan fingerprint density at radius 3 is 2.77 bits per heavy atom. The second kappa shape index (κ2) is 5.07. The molecular weight excluding hydrogens is 270 g/mol. The number of nitrogens with zero attached hydrogens (tertiary/aromatic N) is 2. The molecule has 0 radical (unpaired) electrons. The van der Waals surface area contributed by atoms with Gasteiger partial charge in [0.15, 0.2) is 0 Å². The predicted octanol–water partition coefficient (Wildman–Crippen LogP) is 5.09. The van der Waals surface area contributed by atoms with Crippen molar-refractivity contribution in [2.75, 3.05) is 0 Å². The van der Waals surface area contributed by atoms with Crippen LogP contribution in [0.3, 0.4) is 0 Å². The molecule has 1 N–H and O–H groups in total. The van der Waals surface area contributed by atoms with Gasteiger partial charge in [-0.25, -0.2) is 0 Å². The molecule has 3 saturated carbocycles. The van der Waals surface area contributed by atoms with Crippen LogP contribution in [0.1, 0.15) is 65.2 Å². The first-order valence-corrected chi connectivity index (χ1v) is 9.34. The fraction of sp³-hybridized carbons (Fsp3) is 0.895. The van der Waals surface area contributed by atoms with E-state index in [-0.39, 0.29) is 0 Å². The van der Waals surface area contributed by atoms with Crippen LogP contribution in [0.4, 0.5) is 0 Å². The summed E-state index contributed by atoms with van der Waals surface area (Å²) in [6.07, 6.45) is 15.6. The van der Waals surface area contributed by atoms with Gasteiger partial charge in [-0.15, -0.1) is 0 Å². The van der Waals surface area contributed by atoms with Crippen molar-refractivity contribution in [3.05, 3.63) is 17.7 Å². The Kier molecular flexibility index (Phi) is 3.39. The fourth-order valence-corrected chi connectivity index (χ4v) is 6.94. The van der Waals surface area contributed by atoms with Gasteiger partial charge in [-0.05, 0) is 91.9 Å². The van der Waals surface area contributed by atoms with E-state index >= 15 is 0 Å². The summed E-state index contributed by atoms with van der Waals surface area (Å²) in [5, 5.41) is 3.20. The molecule has 0 aromatic heterocycles. The summed E-state index contributed by atoms with van der Waals surface area (Å²) < 4.78 is 0. The number of fused-ring (bicyclic) bond motifs is 5. The highest BCUT2D eigenvalue weighted by Gasteiger charge is 2.56. The van der Waals surface area contributed by atoms with Crippen molar-refractivity contribution in [2.45, 2.75) is 71.3 Å². The van der Waals surface area contributed by atoms with Crippen molar-refractivity contribution in [1.82, 2.24) is 5.43 Å². The van der Waals surface area contributed by atoms with E-state index < -0.39 is 0 Å². The van der Waals surface area contributed by atoms with Crippen LogP contribution in [0, 0.1) is 34.5 Å². The largest absolute Gasteiger partial charge is 0.411 e. The van der Waals surface area contributed by atoms with Crippen LogP contribution in [0.5, 0.6) is 0 Å². The summed E-state index contributed by atoms with van der Waals surface area (Å²) >= 11 is 0. The van der Waals surface area contributed by atoms with Gasteiger partial charge >= 0.3 is 0 Å². The van der Waals surface area contributed by atoms with E-state index in [1.54, 1.807) is 0 Å². The Morgan fingerprint density at radius 2 is 1.95 bits per heavy atom. The second-order valence-corrected chi connectivity index (χ2v) is 9.04. The molecule has 122 valence electrons. The first-order valence-electron chi connectivity index (χ1n) is 9.34. The number of rotatable bonds is 2. The van der Waals surface area contributed by atoms with Crippen molar-refractivity contribution < 1.29 is 0 Å². The highest BCUT2D eigenvalue weighted by molar-refractivity contribution is 5.16. The van der Waals surface area contributed by atoms with Crippen molar-refractivity contribution >= 4 is 0 Å². The van der Waals surface area contributed by atoms with Gasteiger partial charge in [0.25, 0.3) is 0 Å². The van der Waals surface area contributed by atoms with Gasteiger partial charge < -0.3 is 11.0 Å². The van der Waals surface area contributed by atoms with Crippen LogP contribution in [-0.4, -0.2) is 6.04 Å². The van der Waals surface area contributed by atoms with E-state index in [9.17, 15) is 0 Å². The molecule has 0 heterocycles. The fourth-order valence-electron chi connectivity index (χ4n) is 6.94. The van der Waals surface area contributed by atoms with Crippen LogP contribution >= 0.6 is 0 Å². The maximum atomic E-state index is 8.80. The summed E-state index contributed by atoms with van der Waals surface area (Å²) in [5.74, 6) is 3.60. The zero-order valence-electron chi connectivity index (χ0n) is 14.1. The quantitative estimate of drug-likeness (QED) is 0.431. The molecular formula is C19H30N3-.